The molecule has 0 radical (unpaired) electrons. The van der Waals surface area contributed by atoms with Crippen molar-refractivity contribution in [3.63, 3.8) is 0 Å². The van der Waals surface area contributed by atoms with Crippen molar-refractivity contribution in [2.45, 2.75) is 25.9 Å². The fraction of sp³-hybridized carbons (Fsp3) is 0.524. The van der Waals surface area contributed by atoms with E-state index in [4.69, 9.17) is 9.26 Å². The smallest absolute Gasteiger partial charge is 0.240 e. The molecule has 1 unspecified atom stereocenters. The summed E-state index contributed by atoms with van der Waals surface area (Å²) in [5.41, 5.74) is 2.88. The van der Waals surface area contributed by atoms with Gasteiger partial charge in [0.05, 0.1) is 12.6 Å². The van der Waals surface area contributed by atoms with Crippen LogP contribution >= 0.6 is 0 Å². The number of benzene rings is 1. The molecule has 1 atom stereocenters. The number of aryl methyl sites for hydroxylation is 1. The maximum absolute atomic E-state index is 12.4. The zero-order valence-electron chi connectivity index (χ0n) is 16.4. The predicted octanol–water partition coefficient (Wildman–Crippen LogP) is 2.39. The van der Waals surface area contributed by atoms with Gasteiger partial charge in [-0.25, -0.2) is 0 Å². The van der Waals surface area contributed by atoms with E-state index in [2.05, 4.69) is 20.3 Å². The van der Waals surface area contributed by atoms with Crippen molar-refractivity contribution in [1.82, 2.24) is 15.0 Å². The average Bonchev–Trinajstić information content (AvgIpc) is 3.36. The van der Waals surface area contributed by atoms with Crippen LogP contribution in [0, 0.1) is 6.92 Å². The second-order valence-electron chi connectivity index (χ2n) is 7.70. The minimum absolute atomic E-state index is 0.0702. The van der Waals surface area contributed by atoms with Crippen molar-refractivity contribution < 1.29 is 14.1 Å². The molecule has 4 rings (SSSR count). The molecule has 1 aromatic heterocycles. The van der Waals surface area contributed by atoms with Gasteiger partial charge in [-0.05, 0) is 19.8 Å². The molecule has 2 aliphatic rings. The molecule has 2 saturated heterocycles. The fourth-order valence-corrected chi connectivity index (χ4v) is 3.78. The Hall–Kier alpha value is -2.22. The van der Waals surface area contributed by atoms with Crippen molar-refractivity contribution in [3.8, 4) is 11.3 Å². The Bertz CT molecular complexity index is 775. The minimum atomic E-state index is -0.0702. The third kappa shape index (κ3) is 4.98. The minimum Gasteiger partial charge on any atom is -0.377 e. The molecular formula is C21H28N4O3. The molecule has 1 amide bonds. The van der Waals surface area contributed by atoms with E-state index < -0.39 is 0 Å². The number of amides is 1. The van der Waals surface area contributed by atoms with Crippen LogP contribution in [0.15, 0.2) is 34.9 Å². The molecule has 150 valence electrons. The Labute approximate surface area is 165 Å². The number of aromatic nitrogens is 1. The number of hydrogen-bond acceptors (Lipinski definition) is 6. The van der Waals surface area contributed by atoms with Crippen LogP contribution in [-0.4, -0.2) is 72.8 Å². The fourth-order valence-electron chi connectivity index (χ4n) is 3.78. The lowest BCUT2D eigenvalue weighted by Crippen LogP contribution is -2.50. The third-order valence-electron chi connectivity index (χ3n) is 5.44. The van der Waals surface area contributed by atoms with Gasteiger partial charge in [0.25, 0.3) is 0 Å². The van der Waals surface area contributed by atoms with Crippen LogP contribution < -0.4 is 5.32 Å². The van der Waals surface area contributed by atoms with Crippen LogP contribution in [0.5, 0.6) is 0 Å². The number of carbonyl (C=O) groups is 1. The van der Waals surface area contributed by atoms with E-state index in [9.17, 15) is 4.79 Å². The topological polar surface area (TPSA) is 70.8 Å². The molecule has 0 saturated carbocycles. The number of piperazine rings is 1. The predicted molar refractivity (Wildman–Crippen MR) is 107 cm³/mol. The molecule has 2 aromatic rings. The van der Waals surface area contributed by atoms with Crippen molar-refractivity contribution in [1.29, 1.82) is 0 Å². The third-order valence-corrected chi connectivity index (χ3v) is 5.44. The number of nitrogens with one attached hydrogen (secondary N) is 1. The van der Waals surface area contributed by atoms with Gasteiger partial charge in [0.1, 0.15) is 5.69 Å². The van der Waals surface area contributed by atoms with Crippen molar-refractivity contribution in [3.05, 3.63) is 35.9 Å². The zero-order chi connectivity index (χ0) is 19.3. The Morgan fingerprint density at radius 3 is 2.64 bits per heavy atom. The highest BCUT2D eigenvalue weighted by Gasteiger charge is 2.23. The van der Waals surface area contributed by atoms with Crippen LogP contribution in [-0.2, 0) is 9.53 Å². The van der Waals surface area contributed by atoms with Gasteiger partial charge in [0, 0.05) is 51.0 Å². The Balaban J connectivity index is 1.22. The highest BCUT2D eigenvalue weighted by Crippen LogP contribution is 2.22. The molecule has 2 fully saturated rings. The maximum atomic E-state index is 12.4. The lowest BCUT2D eigenvalue weighted by molar-refractivity contribution is -0.117. The number of ether oxygens (including phenoxy) is 1. The number of carbonyl (C=O) groups excluding carboxylic acids is 1. The van der Waals surface area contributed by atoms with Crippen LogP contribution in [0.25, 0.3) is 11.3 Å². The van der Waals surface area contributed by atoms with E-state index >= 15 is 0 Å². The lowest BCUT2D eigenvalue weighted by Gasteiger charge is -2.35. The largest absolute Gasteiger partial charge is 0.377 e. The van der Waals surface area contributed by atoms with Gasteiger partial charge in [-0.2, -0.15) is 0 Å². The first-order valence-corrected chi connectivity index (χ1v) is 10.1. The van der Waals surface area contributed by atoms with E-state index in [1.807, 2.05) is 31.2 Å². The SMILES string of the molecule is Cc1ccc(-c2cc(NC(=O)CN3CCN(CC4CCCO4)CC3)on2)cc1. The second-order valence-corrected chi connectivity index (χ2v) is 7.70. The number of anilines is 1. The molecule has 2 aliphatic heterocycles. The molecule has 28 heavy (non-hydrogen) atoms. The van der Waals surface area contributed by atoms with Gasteiger partial charge >= 0.3 is 0 Å². The van der Waals surface area contributed by atoms with Gasteiger partial charge in [-0.15, -0.1) is 0 Å². The average molecular weight is 384 g/mol. The highest BCUT2D eigenvalue weighted by atomic mass is 16.5. The number of hydrogen-bond donors (Lipinski definition) is 1. The van der Waals surface area contributed by atoms with Crippen LogP contribution in [0.1, 0.15) is 18.4 Å². The molecule has 7 heteroatoms. The number of rotatable bonds is 6. The summed E-state index contributed by atoms with van der Waals surface area (Å²) in [5.74, 6) is 0.316. The van der Waals surface area contributed by atoms with Gasteiger partial charge < -0.3 is 9.26 Å². The van der Waals surface area contributed by atoms with Crippen molar-refractivity contribution in [2.75, 3.05) is 51.2 Å². The zero-order valence-corrected chi connectivity index (χ0v) is 16.4. The summed E-state index contributed by atoms with van der Waals surface area (Å²) in [7, 11) is 0. The maximum Gasteiger partial charge on any atom is 0.240 e. The van der Waals surface area contributed by atoms with Crippen molar-refractivity contribution >= 4 is 11.8 Å². The molecule has 3 heterocycles. The molecule has 0 spiro atoms. The summed E-state index contributed by atoms with van der Waals surface area (Å²) in [5, 5.41) is 6.87. The second kappa shape index (κ2) is 8.86. The molecule has 0 bridgehead atoms. The summed E-state index contributed by atoms with van der Waals surface area (Å²) < 4.78 is 11.0. The Kier molecular flexibility index (Phi) is 6.04. The molecular weight excluding hydrogens is 356 g/mol. The molecule has 1 aromatic carbocycles. The Morgan fingerprint density at radius 2 is 1.93 bits per heavy atom. The normalized spacial score (nSPS) is 21.1. The molecule has 7 nitrogen and oxygen atoms in total. The van der Waals surface area contributed by atoms with E-state index in [1.165, 1.54) is 18.4 Å². The summed E-state index contributed by atoms with van der Waals surface area (Å²) in [6.07, 6.45) is 2.74. The van der Waals surface area contributed by atoms with Gasteiger partial charge in [-0.3, -0.25) is 19.9 Å². The standard InChI is InChI=1S/C21H28N4O3/c1-16-4-6-17(7-5-16)19-13-21(28-23-19)22-20(26)15-25-10-8-24(9-11-25)14-18-3-2-12-27-18/h4-7,13,18H,2-3,8-12,14-15H2,1H3,(H,22,26). The summed E-state index contributed by atoms with van der Waals surface area (Å²) in [6, 6.07) is 9.81. The van der Waals surface area contributed by atoms with Crippen LogP contribution in [0.4, 0.5) is 5.88 Å². The van der Waals surface area contributed by atoms with E-state index in [0.717, 1.165) is 50.6 Å². The van der Waals surface area contributed by atoms with E-state index in [1.54, 1.807) is 6.07 Å². The van der Waals surface area contributed by atoms with E-state index in [-0.39, 0.29) is 5.91 Å². The summed E-state index contributed by atoms with van der Waals surface area (Å²) in [4.78, 5) is 17.0. The number of nitrogens with zero attached hydrogens (tertiary/aromatic N) is 3. The molecule has 0 aliphatic carbocycles. The quantitative estimate of drug-likeness (QED) is 0.825. The van der Waals surface area contributed by atoms with Gasteiger partial charge in [-0.1, -0.05) is 35.0 Å². The van der Waals surface area contributed by atoms with Crippen LogP contribution in [0.3, 0.4) is 0 Å². The lowest BCUT2D eigenvalue weighted by atomic mass is 10.1. The monoisotopic (exact) mass is 384 g/mol. The first kappa shape index (κ1) is 19.1. The summed E-state index contributed by atoms with van der Waals surface area (Å²) >= 11 is 0. The Morgan fingerprint density at radius 1 is 1.18 bits per heavy atom. The first-order valence-electron chi connectivity index (χ1n) is 10.1. The highest BCUT2D eigenvalue weighted by molar-refractivity contribution is 5.91. The summed E-state index contributed by atoms with van der Waals surface area (Å²) in [6.45, 7) is 8.07. The van der Waals surface area contributed by atoms with Gasteiger partial charge in [0.15, 0.2) is 0 Å². The first-order chi connectivity index (χ1) is 13.7. The van der Waals surface area contributed by atoms with Crippen molar-refractivity contribution in [2.24, 2.45) is 0 Å². The van der Waals surface area contributed by atoms with Gasteiger partial charge in [0.2, 0.25) is 11.8 Å². The van der Waals surface area contributed by atoms with Crippen LogP contribution in [0.2, 0.25) is 0 Å². The molecule has 1 N–H and O–H groups in total. The van der Waals surface area contributed by atoms with E-state index in [0.29, 0.717) is 18.5 Å².